The van der Waals surface area contributed by atoms with Gasteiger partial charge in [-0.25, -0.2) is 0 Å². The van der Waals surface area contributed by atoms with Crippen LogP contribution in [0.15, 0.2) is 131 Å². The second-order valence-electron chi connectivity index (χ2n) is 8.15. The number of rotatable bonds is 10. The summed E-state index contributed by atoms with van der Waals surface area (Å²) in [7, 11) is 0. The second-order valence-corrected chi connectivity index (χ2v) is 9.03. The summed E-state index contributed by atoms with van der Waals surface area (Å²) in [5.74, 6) is 1.57. The average molecular weight is 624 g/mol. The molecule has 0 aromatic heterocycles. The van der Waals surface area contributed by atoms with Crippen LogP contribution in [0.25, 0.3) is 9.81 Å². The van der Waals surface area contributed by atoms with E-state index < -0.39 is 0 Å². The Kier molecular flexibility index (Phi) is 15.8. The summed E-state index contributed by atoms with van der Waals surface area (Å²) in [6, 6.07) is 35.2. The van der Waals surface area contributed by atoms with E-state index in [0.717, 1.165) is 43.8 Å². The van der Waals surface area contributed by atoms with Crippen molar-refractivity contribution < 1.29 is 26.3 Å². The maximum atomic E-state index is 5.52. The third kappa shape index (κ3) is 11.7. The molecule has 0 aliphatic heterocycles. The Morgan fingerprint density at radius 1 is 0.561 bits per heavy atom. The van der Waals surface area contributed by atoms with Gasteiger partial charge < -0.3 is 34.7 Å². The van der Waals surface area contributed by atoms with E-state index in [9.17, 15) is 0 Å². The minimum absolute atomic E-state index is 0. The van der Waals surface area contributed by atoms with E-state index in [-0.39, 0.29) is 16.8 Å². The van der Waals surface area contributed by atoms with Crippen LogP contribution in [0.5, 0.6) is 11.5 Å². The molecule has 0 saturated carbocycles. The van der Waals surface area contributed by atoms with Gasteiger partial charge in [-0.15, -0.1) is 0 Å². The molecule has 0 atom stereocenters. The summed E-state index contributed by atoms with van der Waals surface area (Å²) in [5.41, 5.74) is 3.65. The molecule has 0 heterocycles. The van der Waals surface area contributed by atoms with Gasteiger partial charge in [-0.05, 0) is 49.2 Å². The smallest absolute Gasteiger partial charge is 0.779 e. The van der Waals surface area contributed by atoms with E-state index >= 15 is 0 Å². The number of nitrogens with zero attached hydrogens (tertiary/aromatic N) is 2. The van der Waals surface area contributed by atoms with Gasteiger partial charge in [-0.1, -0.05) is 97.1 Å². The van der Waals surface area contributed by atoms with Crippen LogP contribution < -0.4 is 9.47 Å². The predicted molar refractivity (Wildman–Crippen MR) is 175 cm³/mol. The number of para-hydroxylation sites is 4. The van der Waals surface area contributed by atoms with Crippen molar-refractivity contribution in [1.29, 1.82) is 0 Å². The fourth-order valence-electron chi connectivity index (χ4n) is 3.45. The summed E-state index contributed by atoms with van der Waals surface area (Å²) in [6.07, 6.45) is 7.08. The second kappa shape index (κ2) is 19.3. The van der Waals surface area contributed by atoms with Gasteiger partial charge in [0.1, 0.15) is 22.9 Å². The molecular formula is C34H32CoN2O2S2. The van der Waals surface area contributed by atoms with E-state index in [0.29, 0.717) is 13.2 Å². The molecule has 4 aromatic carbocycles. The van der Waals surface area contributed by atoms with Crippen LogP contribution in [0.1, 0.15) is 25.0 Å². The van der Waals surface area contributed by atoms with Crippen molar-refractivity contribution in [3.05, 3.63) is 132 Å². The van der Waals surface area contributed by atoms with Crippen molar-refractivity contribution in [2.75, 3.05) is 13.2 Å². The van der Waals surface area contributed by atoms with E-state index in [1.165, 1.54) is 0 Å². The summed E-state index contributed by atoms with van der Waals surface area (Å²) in [6.45, 7) is 5.16. The first-order valence-electron chi connectivity index (χ1n) is 13.0. The summed E-state index contributed by atoms with van der Waals surface area (Å²) in [4.78, 5) is 10.3. The number of aliphatic imine (C=N–C) groups is 2. The first-order chi connectivity index (χ1) is 19.6. The van der Waals surface area contributed by atoms with Crippen molar-refractivity contribution >= 4 is 58.9 Å². The molecule has 0 saturated heterocycles. The van der Waals surface area contributed by atoms with Crippen molar-refractivity contribution in [3.8, 4) is 11.5 Å². The zero-order valence-corrected chi connectivity index (χ0v) is 25.7. The zero-order chi connectivity index (χ0) is 28.4. The van der Waals surface area contributed by atoms with Gasteiger partial charge >= 0.3 is 16.8 Å². The zero-order valence-electron chi connectivity index (χ0n) is 23.0. The van der Waals surface area contributed by atoms with Crippen molar-refractivity contribution in [2.24, 2.45) is 9.98 Å². The minimum Gasteiger partial charge on any atom is -0.779 e. The molecule has 0 unspecified atom stereocenters. The van der Waals surface area contributed by atoms with Crippen molar-refractivity contribution in [3.63, 3.8) is 0 Å². The Morgan fingerprint density at radius 3 is 1.27 bits per heavy atom. The molecule has 0 fully saturated rings. The van der Waals surface area contributed by atoms with Crippen LogP contribution in [0.4, 0.5) is 11.4 Å². The Hall–Kier alpha value is -3.75. The van der Waals surface area contributed by atoms with Gasteiger partial charge in [0.2, 0.25) is 0 Å². The Labute approximate surface area is 265 Å². The maximum absolute atomic E-state index is 5.52. The van der Waals surface area contributed by atoms with Gasteiger partial charge in [-0.2, -0.15) is 9.81 Å². The molecule has 0 aliphatic carbocycles. The van der Waals surface area contributed by atoms with Gasteiger partial charge in [-0.3, -0.25) is 9.98 Å². The van der Waals surface area contributed by atoms with Crippen LogP contribution >= 0.6 is 0 Å². The summed E-state index contributed by atoms with van der Waals surface area (Å²) >= 11 is 10.7. The molecule has 4 aromatic rings. The fraction of sp³-hybridized carbons (Fsp3) is 0.118. The summed E-state index contributed by atoms with van der Waals surface area (Å²) in [5, 5.41) is 0. The molecule has 7 heteroatoms. The maximum Gasteiger partial charge on any atom is 2.00 e. The van der Waals surface area contributed by atoms with Crippen LogP contribution in [0.2, 0.25) is 0 Å². The topological polar surface area (TPSA) is 43.2 Å². The Balaban J connectivity index is 0.000000280. The normalized spacial score (nSPS) is 11.5. The molecule has 211 valence electrons. The molecule has 41 heavy (non-hydrogen) atoms. The van der Waals surface area contributed by atoms with Crippen molar-refractivity contribution in [2.45, 2.75) is 13.8 Å². The minimum atomic E-state index is 0. The predicted octanol–water partition coefficient (Wildman–Crippen LogP) is 8.75. The van der Waals surface area contributed by atoms with Crippen molar-refractivity contribution in [1.82, 2.24) is 0 Å². The van der Waals surface area contributed by atoms with Crippen LogP contribution in [0, 0.1) is 0 Å². The molecule has 0 bridgehead atoms. The molecule has 4 nitrogen and oxygen atoms in total. The van der Waals surface area contributed by atoms with E-state index in [4.69, 9.17) is 34.7 Å². The first kappa shape index (κ1) is 33.5. The van der Waals surface area contributed by atoms with Gasteiger partial charge in [0.15, 0.2) is 0 Å². The number of allylic oxidation sites excluding steroid dienone is 2. The van der Waals surface area contributed by atoms with E-state index in [1.807, 2.05) is 135 Å². The van der Waals surface area contributed by atoms with Gasteiger partial charge in [0, 0.05) is 12.4 Å². The molecule has 4 rings (SSSR count). The van der Waals surface area contributed by atoms with Crippen LogP contribution in [0.3, 0.4) is 0 Å². The number of ether oxygens (including phenoxy) is 2. The number of benzene rings is 4. The van der Waals surface area contributed by atoms with E-state index in [1.54, 1.807) is 12.4 Å². The Bertz CT molecular complexity index is 1330. The SMILES string of the molecule is CCOc1ccccc1N=C/C=C(\[S-])c1ccccc1.CCOc1ccccc1N=C/C=C(\[S-])c1ccccc1.[Co+2]. The first-order valence-corrected chi connectivity index (χ1v) is 13.8. The third-order valence-electron chi connectivity index (χ3n) is 5.33. The number of hydrogen-bond donors (Lipinski definition) is 0. The van der Waals surface area contributed by atoms with Gasteiger partial charge in [0.05, 0.1) is 13.2 Å². The largest absolute Gasteiger partial charge is 2.00 e. The average Bonchev–Trinajstić information content (AvgIpc) is 3.00. The van der Waals surface area contributed by atoms with Crippen LogP contribution in [-0.2, 0) is 42.0 Å². The fourth-order valence-corrected chi connectivity index (χ4v) is 3.84. The summed E-state index contributed by atoms with van der Waals surface area (Å²) < 4.78 is 11.0. The third-order valence-corrected chi connectivity index (χ3v) is 6.07. The molecule has 0 amide bonds. The molecule has 0 spiro atoms. The molecule has 1 radical (unpaired) electrons. The monoisotopic (exact) mass is 623 g/mol. The molecular weight excluding hydrogens is 591 g/mol. The standard InChI is InChI=1S/2C17H17NOS.Co/c2*1-2-19-16-11-7-6-10-15(16)18-13-12-17(20)14-8-4-3-5-9-14;/h2*3-13,20H,2H2,1H3;/q;;+2/p-2/b2*17-12-,18-13?;. The molecule has 0 N–H and O–H groups in total. The molecule has 0 aliphatic rings. The van der Waals surface area contributed by atoms with Gasteiger partial charge in [0.25, 0.3) is 0 Å². The quantitative estimate of drug-likeness (QED) is 0.131. The van der Waals surface area contributed by atoms with Crippen LogP contribution in [-0.4, -0.2) is 25.6 Å². The Morgan fingerprint density at radius 2 is 0.902 bits per heavy atom. The number of hydrogen-bond acceptors (Lipinski definition) is 6. The van der Waals surface area contributed by atoms with E-state index in [2.05, 4.69) is 9.98 Å².